The number of esters is 1. The predicted molar refractivity (Wildman–Crippen MR) is 138 cm³/mol. The molecule has 0 aliphatic heterocycles. The van der Waals surface area contributed by atoms with Gasteiger partial charge in [0.05, 0.1) is 26.4 Å². The van der Waals surface area contributed by atoms with Crippen LogP contribution in [0.25, 0.3) is 0 Å². The summed E-state index contributed by atoms with van der Waals surface area (Å²) in [7, 11) is 0. The van der Waals surface area contributed by atoms with Gasteiger partial charge in [0.2, 0.25) is 0 Å². The van der Waals surface area contributed by atoms with Gasteiger partial charge in [-0.25, -0.2) is 0 Å². The Balaban J connectivity index is 1.90. The topological polar surface area (TPSA) is 80.9 Å². The number of rotatable bonds is 24. The number of carbonyl (C=O) groups excluding carboxylic acids is 1. The summed E-state index contributed by atoms with van der Waals surface area (Å²) in [6.45, 7) is 4.66. The minimum atomic E-state index is -0.158. The average molecular weight is 480 g/mol. The lowest BCUT2D eigenvalue weighted by Gasteiger charge is -2.04. The van der Waals surface area contributed by atoms with Crippen LogP contribution in [0, 0.1) is 0 Å². The highest BCUT2D eigenvalue weighted by molar-refractivity contribution is 5.69. The highest BCUT2D eigenvalue weighted by Gasteiger charge is 2.07. The summed E-state index contributed by atoms with van der Waals surface area (Å²) in [6, 6.07) is 3.73. The number of aliphatic hydroxyl groups excluding tert-OH is 1. The van der Waals surface area contributed by atoms with E-state index in [-0.39, 0.29) is 19.2 Å². The van der Waals surface area contributed by atoms with E-state index < -0.39 is 0 Å². The van der Waals surface area contributed by atoms with Crippen LogP contribution in [0.2, 0.25) is 0 Å². The second-order valence-electron chi connectivity index (χ2n) is 8.88. The normalized spacial score (nSPS) is 11.5. The summed E-state index contributed by atoms with van der Waals surface area (Å²) in [4.78, 5) is 11.9. The molecule has 0 spiro atoms. The first-order valence-electron chi connectivity index (χ1n) is 13.5. The lowest BCUT2D eigenvalue weighted by atomic mass is 10.1. The number of allylic oxidation sites excluding steroid dienone is 2. The number of hydrogen-bond donors (Lipinski definition) is 2. The van der Waals surface area contributed by atoms with Crippen molar-refractivity contribution in [3.8, 4) is 0 Å². The lowest BCUT2D eigenvalue weighted by Crippen LogP contribution is -2.19. The van der Waals surface area contributed by atoms with Crippen LogP contribution in [-0.4, -0.2) is 37.4 Å². The van der Waals surface area contributed by atoms with Crippen LogP contribution in [0.1, 0.15) is 108 Å². The Morgan fingerprint density at radius 2 is 1.56 bits per heavy atom. The largest absolute Gasteiger partial charge is 0.461 e. The van der Waals surface area contributed by atoms with Crippen LogP contribution in [0.3, 0.4) is 0 Å². The molecule has 0 unspecified atom stereocenters. The molecule has 6 nitrogen and oxygen atoms in total. The van der Waals surface area contributed by atoms with Crippen LogP contribution >= 0.6 is 0 Å². The Morgan fingerprint density at radius 1 is 0.912 bits per heavy atom. The molecule has 196 valence electrons. The van der Waals surface area contributed by atoms with Crippen molar-refractivity contribution in [2.24, 2.45) is 0 Å². The predicted octanol–water partition coefficient (Wildman–Crippen LogP) is 6.46. The van der Waals surface area contributed by atoms with Crippen LogP contribution in [0.5, 0.6) is 0 Å². The summed E-state index contributed by atoms with van der Waals surface area (Å²) < 4.78 is 16.2. The van der Waals surface area contributed by atoms with Gasteiger partial charge in [-0.15, -0.1) is 0 Å². The molecule has 1 heterocycles. The fraction of sp³-hybridized carbons (Fsp3) is 0.750. The van der Waals surface area contributed by atoms with Crippen molar-refractivity contribution in [2.75, 3.05) is 26.4 Å². The Morgan fingerprint density at radius 3 is 2.26 bits per heavy atom. The third-order valence-corrected chi connectivity index (χ3v) is 5.69. The maximum atomic E-state index is 11.9. The Labute approximate surface area is 207 Å². The number of hydrogen-bond acceptors (Lipinski definition) is 6. The van der Waals surface area contributed by atoms with Gasteiger partial charge in [0, 0.05) is 13.0 Å². The van der Waals surface area contributed by atoms with Gasteiger partial charge in [0.15, 0.2) is 0 Å². The van der Waals surface area contributed by atoms with Gasteiger partial charge in [-0.2, -0.15) is 0 Å². The quantitative estimate of drug-likeness (QED) is 0.101. The van der Waals surface area contributed by atoms with Gasteiger partial charge in [0.1, 0.15) is 18.1 Å². The number of aliphatic hydroxyl groups is 1. The van der Waals surface area contributed by atoms with E-state index in [1.54, 1.807) is 0 Å². The van der Waals surface area contributed by atoms with Gasteiger partial charge in [-0.05, 0) is 44.2 Å². The summed E-state index contributed by atoms with van der Waals surface area (Å²) in [5, 5.41) is 11.8. The molecule has 0 radical (unpaired) electrons. The van der Waals surface area contributed by atoms with Gasteiger partial charge < -0.3 is 24.3 Å². The third kappa shape index (κ3) is 18.8. The number of furan rings is 1. The van der Waals surface area contributed by atoms with Gasteiger partial charge >= 0.3 is 5.97 Å². The standard InChI is InChI=1S/C28H49NO5/c1-2-3-4-5-6-7-8-9-10-11-12-13-14-15-16-17-28(31)33-25-27-19-18-26(34-27)24-29-20-22-32-23-21-30/h9-10,18-19,29-30H,2-8,11-17,20-25H2,1H3/b10-9-. The molecule has 2 N–H and O–H groups in total. The van der Waals surface area contributed by atoms with Crippen molar-refractivity contribution in [1.29, 1.82) is 0 Å². The highest BCUT2D eigenvalue weighted by atomic mass is 16.5. The number of nitrogens with one attached hydrogen (secondary N) is 1. The molecule has 0 fully saturated rings. The molecule has 0 bridgehead atoms. The Hall–Kier alpha value is -1.63. The zero-order chi connectivity index (χ0) is 24.5. The molecular weight excluding hydrogens is 430 g/mol. The van der Waals surface area contributed by atoms with Crippen molar-refractivity contribution in [3.63, 3.8) is 0 Å². The van der Waals surface area contributed by atoms with Crippen molar-refractivity contribution < 1.29 is 23.8 Å². The van der Waals surface area contributed by atoms with E-state index in [4.69, 9.17) is 19.0 Å². The molecule has 0 amide bonds. The summed E-state index contributed by atoms with van der Waals surface area (Å²) in [5.74, 6) is 1.30. The van der Waals surface area contributed by atoms with E-state index in [1.807, 2.05) is 12.1 Å². The van der Waals surface area contributed by atoms with Crippen molar-refractivity contribution in [1.82, 2.24) is 5.32 Å². The molecule has 1 aromatic heterocycles. The summed E-state index contributed by atoms with van der Waals surface area (Å²) >= 11 is 0. The first kappa shape index (κ1) is 30.4. The molecule has 1 rings (SSSR count). The van der Waals surface area contributed by atoms with E-state index in [0.29, 0.717) is 38.5 Å². The van der Waals surface area contributed by atoms with E-state index in [2.05, 4.69) is 24.4 Å². The molecule has 1 aromatic rings. The van der Waals surface area contributed by atoms with Gasteiger partial charge in [-0.3, -0.25) is 4.79 Å². The zero-order valence-electron chi connectivity index (χ0n) is 21.5. The van der Waals surface area contributed by atoms with E-state index in [9.17, 15) is 4.79 Å². The second kappa shape index (κ2) is 23.1. The Bertz CT molecular complexity index is 614. The first-order valence-corrected chi connectivity index (χ1v) is 13.5. The van der Waals surface area contributed by atoms with Crippen LogP contribution in [-0.2, 0) is 27.4 Å². The monoisotopic (exact) mass is 479 g/mol. The molecule has 6 heteroatoms. The minimum Gasteiger partial charge on any atom is -0.461 e. The lowest BCUT2D eigenvalue weighted by molar-refractivity contribution is -0.145. The summed E-state index contributed by atoms with van der Waals surface area (Å²) in [5.41, 5.74) is 0. The SMILES string of the molecule is CCCCCCCC/C=C\CCCCCCCC(=O)OCc1ccc(CNCCOCCO)o1. The van der Waals surface area contributed by atoms with Gasteiger partial charge in [-0.1, -0.05) is 70.4 Å². The smallest absolute Gasteiger partial charge is 0.306 e. The van der Waals surface area contributed by atoms with Crippen molar-refractivity contribution >= 4 is 5.97 Å². The fourth-order valence-corrected chi connectivity index (χ4v) is 3.68. The van der Waals surface area contributed by atoms with Crippen LogP contribution < -0.4 is 5.32 Å². The molecule has 0 saturated heterocycles. The van der Waals surface area contributed by atoms with Crippen molar-refractivity contribution in [3.05, 3.63) is 35.8 Å². The molecule has 0 atom stereocenters. The first-order chi connectivity index (χ1) is 16.8. The fourth-order valence-electron chi connectivity index (χ4n) is 3.68. The second-order valence-corrected chi connectivity index (χ2v) is 8.88. The van der Waals surface area contributed by atoms with Crippen molar-refractivity contribution in [2.45, 2.75) is 110 Å². The van der Waals surface area contributed by atoms with E-state index >= 15 is 0 Å². The number of carbonyl (C=O) groups is 1. The maximum absolute atomic E-state index is 11.9. The van der Waals surface area contributed by atoms with Crippen LogP contribution in [0.15, 0.2) is 28.7 Å². The third-order valence-electron chi connectivity index (χ3n) is 5.69. The molecule has 0 aromatic carbocycles. The van der Waals surface area contributed by atoms with Gasteiger partial charge in [0.25, 0.3) is 0 Å². The van der Waals surface area contributed by atoms with E-state index in [0.717, 1.165) is 18.6 Å². The molecule has 34 heavy (non-hydrogen) atoms. The Kier molecular flexibility index (Phi) is 20.7. The molecule has 0 aliphatic carbocycles. The minimum absolute atomic E-state index is 0.0392. The average Bonchev–Trinajstić information content (AvgIpc) is 3.30. The van der Waals surface area contributed by atoms with E-state index in [1.165, 1.54) is 70.6 Å². The zero-order valence-corrected chi connectivity index (χ0v) is 21.5. The van der Waals surface area contributed by atoms with Crippen LogP contribution in [0.4, 0.5) is 0 Å². The number of ether oxygens (including phenoxy) is 2. The highest BCUT2D eigenvalue weighted by Crippen LogP contribution is 2.12. The molecule has 0 saturated carbocycles. The number of unbranched alkanes of at least 4 members (excludes halogenated alkanes) is 11. The molecular formula is C28H49NO5. The summed E-state index contributed by atoms with van der Waals surface area (Å²) in [6.07, 6.45) is 21.4. The maximum Gasteiger partial charge on any atom is 0.306 e. The molecule has 0 aliphatic rings.